The Hall–Kier alpha value is -3.27. The molecule has 5 rings (SSSR count). The summed E-state index contributed by atoms with van der Waals surface area (Å²) in [7, 11) is 0. The second-order valence-electron chi connectivity index (χ2n) is 10.3. The number of benzene rings is 3. The highest BCUT2D eigenvalue weighted by Gasteiger charge is 2.31. The van der Waals surface area contributed by atoms with Gasteiger partial charge in [0, 0.05) is 11.3 Å². The molecule has 2 aliphatic rings. The summed E-state index contributed by atoms with van der Waals surface area (Å²) in [6.45, 7) is 0. The normalized spacial score (nSPS) is 21.8. The van der Waals surface area contributed by atoms with Crippen molar-refractivity contribution in [3.05, 3.63) is 76.9 Å². The number of alkyl halides is 3. The van der Waals surface area contributed by atoms with E-state index in [0.717, 1.165) is 42.7 Å². The molecular weight excluding hydrogens is 505 g/mol. The van der Waals surface area contributed by atoms with Gasteiger partial charge in [-0.05, 0) is 77.8 Å². The van der Waals surface area contributed by atoms with Crippen molar-refractivity contribution in [3.8, 4) is 23.0 Å². The Labute approximate surface area is 216 Å². The van der Waals surface area contributed by atoms with E-state index in [0.29, 0.717) is 11.5 Å². The average Bonchev–Trinajstić information content (AvgIpc) is 2.86. The summed E-state index contributed by atoms with van der Waals surface area (Å²) < 4.78 is 96.3. The number of fused-ring (bicyclic) bond motifs is 2. The molecule has 3 aromatic carbocycles. The van der Waals surface area contributed by atoms with Crippen LogP contribution in [0.5, 0.6) is 0 Å². The topological polar surface area (TPSA) is 0 Å². The molecule has 0 heterocycles. The number of rotatable bonds is 3. The molecule has 0 amide bonds. The van der Waals surface area contributed by atoms with Gasteiger partial charge in [0.25, 0.3) is 0 Å². The summed E-state index contributed by atoms with van der Waals surface area (Å²) in [5.74, 6) is 0.0426. The smallest absolute Gasteiger partial charge is 0.206 e. The fourth-order valence-corrected chi connectivity index (χ4v) is 6.03. The molecule has 3 atom stereocenters. The van der Waals surface area contributed by atoms with Gasteiger partial charge in [-0.25, -0.2) is 17.6 Å². The van der Waals surface area contributed by atoms with Crippen LogP contribution in [-0.4, -0.2) is 6.18 Å². The molecule has 7 heteroatoms. The number of halogens is 7. The van der Waals surface area contributed by atoms with Gasteiger partial charge in [-0.1, -0.05) is 55.9 Å². The average molecular weight is 531 g/mol. The lowest BCUT2D eigenvalue weighted by Crippen LogP contribution is -2.26. The summed E-state index contributed by atoms with van der Waals surface area (Å²) >= 11 is 0. The van der Waals surface area contributed by atoms with Crippen molar-refractivity contribution in [2.45, 2.75) is 51.1 Å². The SMILES string of the molecule is Fc1cc2cc(-c3c(F)cc(/C=C/C4CCC5CCCCC5C4)cc3F)ccc2c(F)c1C#CC(F)(F)F. The van der Waals surface area contributed by atoms with Crippen molar-refractivity contribution in [2.75, 3.05) is 0 Å². The first-order valence-corrected chi connectivity index (χ1v) is 12.8. The van der Waals surface area contributed by atoms with Gasteiger partial charge in [-0.15, -0.1) is 0 Å². The summed E-state index contributed by atoms with van der Waals surface area (Å²) in [5, 5.41) is -0.272. The maximum Gasteiger partial charge on any atom is 0.458 e. The van der Waals surface area contributed by atoms with Crippen molar-refractivity contribution < 1.29 is 30.7 Å². The molecule has 2 saturated carbocycles. The predicted octanol–water partition coefficient (Wildman–Crippen LogP) is 9.60. The minimum atomic E-state index is -4.91. The Kier molecular flexibility index (Phi) is 7.26. The zero-order chi connectivity index (χ0) is 27.0. The van der Waals surface area contributed by atoms with Crippen molar-refractivity contribution in [1.29, 1.82) is 0 Å². The van der Waals surface area contributed by atoms with E-state index < -0.39 is 35.0 Å². The molecule has 0 spiro atoms. The highest BCUT2D eigenvalue weighted by atomic mass is 19.4. The highest BCUT2D eigenvalue weighted by Crippen LogP contribution is 2.43. The van der Waals surface area contributed by atoms with Crippen LogP contribution in [0.1, 0.15) is 56.1 Å². The summed E-state index contributed by atoms with van der Waals surface area (Å²) in [4.78, 5) is 0. The number of hydrogen-bond acceptors (Lipinski definition) is 0. The molecule has 0 saturated heterocycles. The van der Waals surface area contributed by atoms with E-state index in [1.54, 1.807) is 6.08 Å². The van der Waals surface area contributed by atoms with E-state index in [4.69, 9.17) is 0 Å². The summed E-state index contributed by atoms with van der Waals surface area (Å²) in [6.07, 6.45) is 7.41. The van der Waals surface area contributed by atoms with E-state index in [-0.39, 0.29) is 21.9 Å². The van der Waals surface area contributed by atoms with Gasteiger partial charge in [0.05, 0.1) is 11.1 Å². The minimum Gasteiger partial charge on any atom is -0.206 e. The summed E-state index contributed by atoms with van der Waals surface area (Å²) in [6, 6.07) is 6.83. The van der Waals surface area contributed by atoms with Crippen molar-refractivity contribution in [3.63, 3.8) is 0 Å². The van der Waals surface area contributed by atoms with Gasteiger partial charge >= 0.3 is 6.18 Å². The molecule has 0 aliphatic heterocycles. The first-order valence-electron chi connectivity index (χ1n) is 12.8. The molecule has 0 aromatic heterocycles. The minimum absolute atomic E-state index is 0.0478. The van der Waals surface area contributed by atoms with Gasteiger partial charge < -0.3 is 0 Å². The van der Waals surface area contributed by atoms with Crippen LogP contribution in [0.2, 0.25) is 0 Å². The molecule has 2 fully saturated rings. The van der Waals surface area contributed by atoms with Crippen LogP contribution in [0.3, 0.4) is 0 Å². The lowest BCUT2D eigenvalue weighted by Gasteiger charge is -2.38. The first kappa shape index (κ1) is 26.3. The second-order valence-corrected chi connectivity index (χ2v) is 10.3. The van der Waals surface area contributed by atoms with Crippen molar-refractivity contribution in [2.24, 2.45) is 17.8 Å². The van der Waals surface area contributed by atoms with Gasteiger partial charge in [0.1, 0.15) is 23.3 Å². The van der Waals surface area contributed by atoms with Crippen LogP contribution in [0, 0.1) is 52.9 Å². The molecule has 2 aliphatic carbocycles. The maximum atomic E-state index is 15.1. The fraction of sp³-hybridized carbons (Fsp3) is 0.355. The highest BCUT2D eigenvalue weighted by molar-refractivity contribution is 5.89. The van der Waals surface area contributed by atoms with Gasteiger partial charge in [-0.3, -0.25) is 0 Å². The lowest BCUT2D eigenvalue weighted by molar-refractivity contribution is -0.0696. The van der Waals surface area contributed by atoms with Crippen LogP contribution in [0.25, 0.3) is 28.0 Å². The fourth-order valence-electron chi connectivity index (χ4n) is 6.03. The molecule has 0 nitrogen and oxygen atoms in total. The lowest BCUT2D eigenvalue weighted by atomic mass is 9.67. The standard InChI is InChI=1S/C31H25F7/c32-26-17-23-16-22(9-10-24(23)30(35)25(26)11-12-31(36,37)38)29-27(33)14-19(15-28(29)34)6-5-18-7-8-20-3-1-2-4-21(20)13-18/h5-6,9-10,14-18,20-21H,1-4,7-8,13H2/b6-5+. The Morgan fingerprint density at radius 2 is 1.50 bits per heavy atom. The van der Waals surface area contributed by atoms with Gasteiger partial charge in [-0.2, -0.15) is 13.2 Å². The van der Waals surface area contributed by atoms with E-state index in [9.17, 15) is 22.0 Å². The van der Waals surface area contributed by atoms with Crippen LogP contribution in [-0.2, 0) is 0 Å². The number of allylic oxidation sites excluding steroid dienone is 1. The molecule has 0 bridgehead atoms. The number of hydrogen-bond donors (Lipinski definition) is 0. The van der Waals surface area contributed by atoms with Gasteiger partial charge in [0.2, 0.25) is 0 Å². The monoisotopic (exact) mass is 530 g/mol. The zero-order valence-corrected chi connectivity index (χ0v) is 20.4. The molecular formula is C31H25F7. The van der Waals surface area contributed by atoms with Gasteiger partial charge in [0.15, 0.2) is 0 Å². The maximum absolute atomic E-state index is 15.1. The molecule has 38 heavy (non-hydrogen) atoms. The molecule has 0 radical (unpaired) electrons. The zero-order valence-electron chi connectivity index (χ0n) is 20.4. The molecule has 0 N–H and O–H groups in total. The van der Waals surface area contributed by atoms with Crippen LogP contribution in [0.15, 0.2) is 42.5 Å². The van der Waals surface area contributed by atoms with E-state index in [2.05, 4.69) is 0 Å². The van der Waals surface area contributed by atoms with E-state index >= 15 is 8.78 Å². The third-order valence-corrected chi connectivity index (χ3v) is 7.85. The Morgan fingerprint density at radius 1 is 0.789 bits per heavy atom. The van der Waals surface area contributed by atoms with Crippen LogP contribution < -0.4 is 0 Å². The molecule has 198 valence electrons. The van der Waals surface area contributed by atoms with Crippen LogP contribution in [0.4, 0.5) is 30.7 Å². The predicted molar refractivity (Wildman–Crippen MR) is 134 cm³/mol. The largest absolute Gasteiger partial charge is 0.458 e. The van der Waals surface area contributed by atoms with E-state index in [1.165, 1.54) is 62.3 Å². The first-order chi connectivity index (χ1) is 18.1. The van der Waals surface area contributed by atoms with Crippen molar-refractivity contribution in [1.82, 2.24) is 0 Å². The molecule has 3 unspecified atom stereocenters. The van der Waals surface area contributed by atoms with E-state index in [1.807, 2.05) is 6.08 Å². The second kappa shape index (κ2) is 10.5. The third kappa shape index (κ3) is 5.60. The van der Waals surface area contributed by atoms with Crippen molar-refractivity contribution >= 4 is 16.8 Å². The van der Waals surface area contributed by atoms with Crippen LogP contribution >= 0.6 is 0 Å². The summed E-state index contributed by atoms with van der Waals surface area (Å²) in [5.41, 5.74) is -0.937. The Bertz CT molecular complexity index is 1430. The molecule has 3 aromatic rings. The Balaban J connectivity index is 1.40. The quantitative estimate of drug-likeness (QED) is 0.234. The third-order valence-electron chi connectivity index (χ3n) is 7.85. The Morgan fingerprint density at radius 3 is 2.21 bits per heavy atom.